The minimum Gasteiger partial charge on any atom is -0.619 e. The van der Waals surface area contributed by atoms with Crippen LogP contribution in [0.3, 0.4) is 0 Å². The van der Waals surface area contributed by atoms with E-state index in [2.05, 4.69) is 0 Å². The van der Waals surface area contributed by atoms with Crippen LogP contribution >= 0.6 is 0 Å². The lowest BCUT2D eigenvalue weighted by Crippen LogP contribution is -2.38. The third-order valence-corrected chi connectivity index (χ3v) is 2.03. The minimum absolute atomic E-state index is 0.370. The zero-order chi connectivity index (χ0) is 12.2. The highest BCUT2D eigenvalue weighted by molar-refractivity contribution is 5.88. The Morgan fingerprint density at radius 1 is 1.38 bits per heavy atom. The molecule has 0 spiro atoms. The molecule has 0 aliphatic heterocycles. The Bertz CT molecular complexity index is 354. The maximum atomic E-state index is 11.5. The van der Waals surface area contributed by atoms with Crippen LogP contribution in [0.1, 0.15) is 10.4 Å². The van der Waals surface area contributed by atoms with Gasteiger partial charge in [-0.05, 0) is 0 Å². The lowest BCUT2D eigenvalue weighted by molar-refractivity contribution is -0.870. The molecule has 0 aliphatic rings. The summed E-state index contributed by atoms with van der Waals surface area (Å²) >= 11 is 0. The maximum absolute atomic E-state index is 11.5. The van der Waals surface area contributed by atoms with Crippen LogP contribution in [0, 0.1) is 5.21 Å². The Balaban J connectivity index is 2.44. The first-order chi connectivity index (χ1) is 7.38. The first-order valence-electron chi connectivity index (χ1n) is 5.05. The molecule has 5 nitrogen and oxygen atoms in total. The van der Waals surface area contributed by atoms with E-state index in [1.807, 2.05) is 21.1 Å². The van der Waals surface area contributed by atoms with Gasteiger partial charge in [-0.1, -0.05) is 0 Å². The van der Waals surface area contributed by atoms with Crippen molar-refractivity contribution in [2.75, 3.05) is 34.3 Å². The smallest absolute Gasteiger partial charge is 0.338 e. The maximum Gasteiger partial charge on any atom is 0.338 e. The van der Waals surface area contributed by atoms with Crippen LogP contribution in [0.15, 0.2) is 24.5 Å². The molecule has 0 aromatic carbocycles. The minimum atomic E-state index is -0.394. The highest BCUT2D eigenvalue weighted by atomic mass is 16.5. The van der Waals surface area contributed by atoms with Crippen LogP contribution in [-0.4, -0.2) is 44.7 Å². The lowest BCUT2D eigenvalue weighted by Gasteiger charge is -2.23. The standard InChI is InChI=1S/C11H17N2O3/c1-13(2,3)8-9-16-11(14)10-4-6-12(15)7-5-10/h4-7H,8-9H2,1-3H3/q+1. The van der Waals surface area contributed by atoms with Crippen LogP contribution in [0.4, 0.5) is 0 Å². The molecule has 0 atom stereocenters. The molecule has 5 heteroatoms. The number of aromatic nitrogens is 1. The number of hydrogen-bond acceptors (Lipinski definition) is 3. The molecule has 0 amide bonds. The van der Waals surface area contributed by atoms with Gasteiger partial charge in [0.1, 0.15) is 13.2 Å². The van der Waals surface area contributed by atoms with Gasteiger partial charge in [0.05, 0.1) is 26.7 Å². The molecule has 0 fully saturated rings. The number of hydrogen-bond donors (Lipinski definition) is 0. The first kappa shape index (κ1) is 12.4. The van der Waals surface area contributed by atoms with Crippen LogP contribution in [-0.2, 0) is 4.74 Å². The van der Waals surface area contributed by atoms with E-state index in [0.717, 1.165) is 11.0 Å². The third kappa shape index (κ3) is 4.27. The van der Waals surface area contributed by atoms with Crippen molar-refractivity contribution in [3.8, 4) is 0 Å². The van der Waals surface area contributed by atoms with Crippen LogP contribution < -0.4 is 4.73 Å². The van der Waals surface area contributed by atoms with Gasteiger partial charge in [-0.3, -0.25) is 0 Å². The van der Waals surface area contributed by atoms with Crippen LogP contribution in [0.25, 0.3) is 0 Å². The van der Waals surface area contributed by atoms with Crippen molar-refractivity contribution in [1.82, 2.24) is 0 Å². The van der Waals surface area contributed by atoms with Crippen LogP contribution in [0.2, 0.25) is 0 Å². The fourth-order valence-electron chi connectivity index (χ4n) is 1.04. The summed E-state index contributed by atoms with van der Waals surface area (Å²) in [6.45, 7) is 1.12. The van der Waals surface area contributed by atoms with Crippen molar-refractivity contribution in [3.63, 3.8) is 0 Å². The van der Waals surface area contributed by atoms with E-state index in [9.17, 15) is 10.0 Å². The van der Waals surface area contributed by atoms with Gasteiger partial charge in [-0.15, -0.1) is 0 Å². The Morgan fingerprint density at radius 3 is 2.44 bits per heavy atom. The molecule has 0 bridgehead atoms. The van der Waals surface area contributed by atoms with E-state index in [1.165, 1.54) is 24.5 Å². The largest absolute Gasteiger partial charge is 0.619 e. The number of quaternary nitrogens is 1. The quantitative estimate of drug-likeness (QED) is 0.318. The zero-order valence-electron chi connectivity index (χ0n) is 9.84. The van der Waals surface area contributed by atoms with Gasteiger partial charge in [0.2, 0.25) is 0 Å². The lowest BCUT2D eigenvalue weighted by atomic mass is 10.3. The molecule has 1 heterocycles. The van der Waals surface area contributed by atoms with E-state index in [0.29, 0.717) is 16.9 Å². The third-order valence-electron chi connectivity index (χ3n) is 2.03. The molecular formula is C11H17N2O3+. The van der Waals surface area contributed by atoms with E-state index < -0.39 is 5.97 Å². The van der Waals surface area contributed by atoms with Gasteiger partial charge in [-0.25, -0.2) is 4.79 Å². The van der Waals surface area contributed by atoms with Gasteiger partial charge in [0, 0.05) is 12.1 Å². The van der Waals surface area contributed by atoms with Crippen molar-refractivity contribution < 1.29 is 18.7 Å². The molecule has 0 saturated heterocycles. The summed E-state index contributed by atoms with van der Waals surface area (Å²) in [5.74, 6) is -0.394. The molecule has 0 N–H and O–H groups in total. The summed E-state index contributed by atoms with van der Waals surface area (Å²) < 4.78 is 6.44. The van der Waals surface area contributed by atoms with E-state index in [1.54, 1.807) is 0 Å². The number of ether oxygens (including phenoxy) is 1. The summed E-state index contributed by atoms with van der Waals surface area (Å²) in [6.07, 6.45) is 2.55. The molecular weight excluding hydrogens is 208 g/mol. The van der Waals surface area contributed by atoms with Gasteiger partial charge in [-0.2, -0.15) is 4.73 Å². The van der Waals surface area contributed by atoms with Crippen molar-refractivity contribution in [1.29, 1.82) is 0 Å². The summed E-state index contributed by atoms with van der Waals surface area (Å²) in [6, 6.07) is 2.89. The van der Waals surface area contributed by atoms with E-state index in [4.69, 9.17) is 4.74 Å². The van der Waals surface area contributed by atoms with Crippen LogP contribution in [0.5, 0.6) is 0 Å². The number of pyridine rings is 1. The fraction of sp³-hybridized carbons (Fsp3) is 0.455. The average Bonchev–Trinajstić information content (AvgIpc) is 2.16. The molecule has 1 aromatic heterocycles. The number of likely N-dealkylation sites (N-methyl/N-ethyl adjacent to an activating group) is 1. The highest BCUT2D eigenvalue weighted by Gasteiger charge is 2.11. The zero-order valence-corrected chi connectivity index (χ0v) is 9.84. The topological polar surface area (TPSA) is 53.2 Å². The monoisotopic (exact) mass is 225 g/mol. The highest BCUT2D eigenvalue weighted by Crippen LogP contribution is 1.99. The van der Waals surface area contributed by atoms with Crippen molar-refractivity contribution in [2.45, 2.75) is 0 Å². The molecule has 1 rings (SSSR count). The van der Waals surface area contributed by atoms with Gasteiger partial charge >= 0.3 is 5.97 Å². The second-order valence-corrected chi connectivity index (χ2v) is 4.60. The fourth-order valence-corrected chi connectivity index (χ4v) is 1.04. The average molecular weight is 225 g/mol. The molecule has 16 heavy (non-hydrogen) atoms. The SMILES string of the molecule is C[N+](C)(C)CCOC(=O)c1cc[n+]([O-])cc1. The summed E-state index contributed by atoms with van der Waals surface area (Å²) in [5.41, 5.74) is 0.397. The predicted octanol–water partition coefficient (Wildman–Crippen LogP) is 0.183. The predicted molar refractivity (Wildman–Crippen MR) is 58.6 cm³/mol. The molecule has 1 aromatic rings. The number of carbonyl (C=O) groups is 1. The molecule has 88 valence electrons. The van der Waals surface area contributed by atoms with E-state index >= 15 is 0 Å². The van der Waals surface area contributed by atoms with Gasteiger partial charge in [0.25, 0.3) is 0 Å². The molecule has 0 unspecified atom stereocenters. The second-order valence-electron chi connectivity index (χ2n) is 4.60. The summed E-state index contributed by atoms with van der Waals surface area (Å²) in [5, 5.41) is 10.8. The molecule has 0 aliphatic carbocycles. The molecule has 0 saturated carbocycles. The number of rotatable bonds is 4. The van der Waals surface area contributed by atoms with E-state index in [-0.39, 0.29) is 0 Å². The number of esters is 1. The van der Waals surface area contributed by atoms with Crippen molar-refractivity contribution in [2.24, 2.45) is 0 Å². The Morgan fingerprint density at radius 2 is 1.94 bits per heavy atom. The van der Waals surface area contributed by atoms with Gasteiger partial charge < -0.3 is 14.4 Å². The number of nitrogens with zero attached hydrogens (tertiary/aromatic N) is 2. The summed E-state index contributed by atoms with van der Waals surface area (Å²) in [4.78, 5) is 11.5. The Hall–Kier alpha value is -1.62. The Kier molecular flexibility index (Phi) is 3.84. The summed E-state index contributed by atoms with van der Waals surface area (Å²) in [7, 11) is 6.07. The van der Waals surface area contributed by atoms with Gasteiger partial charge in [0.15, 0.2) is 12.4 Å². The first-order valence-corrected chi connectivity index (χ1v) is 5.05. The van der Waals surface area contributed by atoms with Crippen molar-refractivity contribution in [3.05, 3.63) is 35.3 Å². The number of carbonyl (C=O) groups excluding carboxylic acids is 1. The molecule has 0 radical (unpaired) electrons. The van der Waals surface area contributed by atoms with Crippen molar-refractivity contribution >= 4 is 5.97 Å². The Labute approximate surface area is 95.0 Å². The second kappa shape index (κ2) is 4.94. The normalized spacial score (nSPS) is 11.2.